The zero-order valence-electron chi connectivity index (χ0n) is 6.31. The minimum atomic E-state index is -1.26. The standard InChI is InChI=1S/C6H7N3O3/c1-9-4(10)2-3(5(11)12)8-6(9)7/h2H,1H3,(H2,7,8)(H,11,12). The fourth-order valence-electron chi connectivity index (χ4n) is 0.667. The summed E-state index contributed by atoms with van der Waals surface area (Å²) in [4.78, 5) is 24.8. The van der Waals surface area contributed by atoms with Crippen molar-refractivity contribution < 1.29 is 9.90 Å². The Labute approximate surface area is 67.3 Å². The molecule has 0 atom stereocenters. The number of hydrogen-bond donors (Lipinski definition) is 2. The molecule has 0 saturated carbocycles. The molecule has 0 saturated heterocycles. The van der Waals surface area contributed by atoms with E-state index in [0.717, 1.165) is 10.6 Å². The van der Waals surface area contributed by atoms with Crippen LogP contribution in [0, 0.1) is 0 Å². The highest BCUT2D eigenvalue weighted by Gasteiger charge is 2.07. The van der Waals surface area contributed by atoms with Gasteiger partial charge in [0.05, 0.1) is 0 Å². The van der Waals surface area contributed by atoms with E-state index in [1.807, 2.05) is 0 Å². The molecule has 0 aliphatic heterocycles. The fraction of sp³-hybridized carbons (Fsp3) is 0.167. The van der Waals surface area contributed by atoms with E-state index in [0.29, 0.717) is 0 Å². The lowest BCUT2D eigenvalue weighted by molar-refractivity contribution is 0.0690. The summed E-state index contributed by atoms with van der Waals surface area (Å²) >= 11 is 0. The Balaban J connectivity index is 3.41. The van der Waals surface area contributed by atoms with Crippen LogP contribution in [0.3, 0.4) is 0 Å². The third-order valence-electron chi connectivity index (χ3n) is 1.39. The Bertz CT molecular complexity index is 382. The van der Waals surface area contributed by atoms with E-state index in [1.54, 1.807) is 0 Å². The minimum absolute atomic E-state index is 0.111. The first kappa shape index (κ1) is 8.25. The second kappa shape index (κ2) is 2.65. The first-order valence-corrected chi connectivity index (χ1v) is 3.09. The summed E-state index contributed by atoms with van der Waals surface area (Å²) in [6.45, 7) is 0. The van der Waals surface area contributed by atoms with Gasteiger partial charge in [-0.05, 0) is 0 Å². The molecule has 6 heteroatoms. The fourth-order valence-corrected chi connectivity index (χ4v) is 0.667. The van der Waals surface area contributed by atoms with E-state index < -0.39 is 11.5 Å². The second-order valence-corrected chi connectivity index (χ2v) is 2.20. The highest BCUT2D eigenvalue weighted by molar-refractivity contribution is 5.85. The molecule has 0 fully saturated rings. The molecule has 0 unspecified atom stereocenters. The summed E-state index contributed by atoms with van der Waals surface area (Å²) in [6, 6.07) is 0.915. The van der Waals surface area contributed by atoms with Gasteiger partial charge in [0.15, 0.2) is 5.69 Å². The van der Waals surface area contributed by atoms with Gasteiger partial charge in [0.2, 0.25) is 5.95 Å². The molecule has 3 N–H and O–H groups in total. The molecule has 1 heterocycles. The van der Waals surface area contributed by atoms with Crippen molar-refractivity contribution in [2.75, 3.05) is 5.73 Å². The molecule has 1 rings (SSSR count). The molecule has 0 spiro atoms. The van der Waals surface area contributed by atoms with Gasteiger partial charge in [0.25, 0.3) is 5.56 Å². The van der Waals surface area contributed by atoms with Gasteiger partial charge in [-0.25, -0.2) is 9.78 Å². The molecule has 1 aromatic heterocycles. The Morgan fingerprint density at radius 1 is 1.75 bits per heavy atom. The van der Waals surface area contributed by atoms with Gasteiger partial charge < -0.3 is 10.8 Å². The highest BCUT2D eigenvalue weighted by atomic mass is 16.4. The number of aromatic nitrogens is 2. The van der Waals surface area contributed by atoms with Gasteiger partial charge in [0, 0.05) is 13.1 Å². The minimum Gasteiger partial charge on any atom is -0.477 e. The molecular weight excluding hydrogens is 162 g/mol. The van der Waals surface area contributed by atoms with Crippen molar-refractivity contribution in [3.8, 4) is 0 Å². The number of carbonyl (C=O) groups is 1. The zero-order valence-corrected chi connectivity index (χ0v) is 6.31. The molecule has 64 valence electrons. The summed E-state index contributed by atoms with van der Waals surface area (Å²) in [7, 11) is 1.41. The van der Waals surface area contributed by atoms with Crippen LogP contribution in [-0.4, -0.2) is 20.6 Å². The lowest BCUT2D eigenvalue weighted by atomic mass is 10.4. The van der Waals surface area contributed by atoms with E-state index >= 15 is 0 Å². The predicted molar refractivity (Wildman–Crippen MR) is 40.8 cm³/mol. The zero-order chi connectivity index (χ0) is 9.30. The average Bonchev–Trinajstić information content (AvgIpc) is 1.99. The topological polar surface area (TPSA) is 98.2 Å². The van der Waals surface area contributed by atoms with Crippen LogP contribution in [0.5, 0.6) is 0 Å². The molecular formula is C6H7N3O3. The Morgan fingerprint density at radius 3 is 2.75 bits per heavy atom. The lowest BCUT2D eigenvalue weighted by Gasteiger charge is -2.01. The van der Waals surface area contributed by atoms with Crippen LogP contribution in [-0.2, 0) is 7.05 Å². The first-order valence-electron chi connectivity index (χ1n) is 3.09. The molecule has 0 aliphatic carbocycles. The van der Waals surface area contributed by atoms with Crippen molar-refractivity contribution >= 4 is 11.9 Å². The van der Waals surface area contributed by atoms with E-state index in [4.69, 9.17) is 10.8 Å². The van der Waals surface area contributed by atoms with Crippen LogP contribution in [0.25, 0.3) is 0 Å². The third kappa shape index (κ3) is 1.26. The molecule has 1 aromatic rings. The van der Waals surface area contributed by atoms with Crippen LogP contribution in [0.4, 0.5) is 5.95 Å². The molecule has 0 bridgehead atoms. The molecule has 0 amide bonds. The van der Waals surface area contributed by atoms with Crippen LogP contribution in [0.1, 0.15) is 10.5 Å². The maximum atomic E-state index is 10.9. The Hall–Kier alpha value is -1.85. The number of hydrogen-bond acceptors (Lipinski definition) is 4. The van der Waals surface area contributed by atoms with Gasteiger partial charge >= 0.3 is 5.97 Å². The number of rotatable bonds is 1. The number of carboxylic acid groups (broad SMARTS) is 1. The van der Waals surface area contributed by atoms with Gasteiger partial charge in [0.1, 0.15) is 0 Å². The largest absolute Gasteiger partial charge is 0.477 e. The normalized spacial score (nSPS) is 9.75. The summed E-state index contributed by atoms with van der Waals surface area (Å²) in [5.41, 5.74) is 4.42. The number of nitrogens with two attached hydrogens (primary N) is 1. The van der Waals surface area contributed by atoms with Crippen LogP contribution >= 0.6 is 0 Å². The maximum absolute atomic E-state index is 10.9. The highest BCUT2D eigenvalue weighted by Crippen LogP contribution is 1.94. The number of aromatic carboxylic acids is 1. The summed E-state index contributed by atoms with van der Waals surface area (Å²) in [5.74, 6) is -1.38. The van der Waals surface area contributed by atoms with E-state index in [1.165, 1.54) is 7.05 Å². The third-order valence-corrected chi connectivity index (χ3v) is 1.39. The average molecular weight is 169 g/mol. The van der Waals surface area contributed by atoms with E-state index in [9.17, 15) is 9.59 Å². The van der Waals surface area contributed by atoms with Crippen molar-refractivity contribution in [1.82, 2.24) is 9.55 Å². The first-order chi connectivity index (χ1) is 5.52. The van der Waals surface area contributed by atoms with Gasteiger partial charge in [-0.15, -0.1) is 0 Å². The SMILES string of the molecule is Cn1c(N)nc(C(=O)O)cc1=O. The second-order valence-electron chi connectivity index (χ2n) is 2.20. The van der Waals surface area contributed by atoms with Crippen molar-refractivity contribution in [1.29, 1.82) is 0 Å². The Morgan fingerprint density at radius 2 is 2.33 bits per heavy atom. The lowest BCUT2D eigenvalue weighted by Crippen LogP contribution is -2.23. The number of anilines is 1. The smallest absolute Gasteiger partial charge is 0.354 e. The van der Waals surface area contributed by atoms with Gasteiger partial charge in [-0.3, -0.25) is 9.36 Å². The van der Waals surface area contributed by atoms with Crippen LogP contribution in [0.2, 0.25) is 0 Å². The van der Waals surface area contributed by atoms with Gasteiger partial charge in [-0.2, -0.15) is 0 Å². The predicted octanol–water partition coefficient (Wildman–Crippen LogP) is -0.939. The molecule has 6 nitrogen and oxygen atoms in total. The molecule has 12 heavy (non-hydrogen) atoms. The molecule has 0 aliphatic rings. The number of nitrogens with zero attached hydrogens (tertiary/aromatic N) is 2. The Kier molecular flexibility index (Phi) is 1.82. The summed E-state index contributed by atoms with van der Waals surface area (Å²) in [6.07, 6.45) is 0. The summed E-state index contributed by atoms with van der Waals surface area (Å²) in [5, 5.41) is 8.46. The van der Waals surface area contributed by atoms with Crippen molar-refractivity contribution in [2.45, 2.75) is 0 Å². The quantitative estimate of drug-likeness (QED) is 0.565. The van der Waals surface area contributed by atoms with Crippen molar-refractivity contribution in [3.63, 3.8) is 0 Å². The van der Waals surface area contributed by atoms with Gasteiger partial charge in [-0.1, -0.05) is 0 Å². The maximum Gasteiger partial charge on any atom is 0.354 e. The monoisotopic (exact) mass is 169 g/mol. The number of carboxylic acids is 1. The number of nitrogen functional groups attached to an aromatic ring is 1. The van der Waals surface area contributed by atoms with Crippen LogP contribution in [0.15, 0.2) is 10.9 Å². The molecule has 0 radical (unpaired) electrons. The van der Waals surface area contributed by atoms with E-state index in [2.05, 4.69) is 4.98 Å². The molecule has 0 aromatic carbocycles. The van der Waals surface area contributed by atoms with Crippen molar-refractivity contribution in [2.24, 2.45) is 7.05 Å². The van der Waals surface area contributed by atoms with Crippen LogP contribution < -0.4 is 11.3 Å². The summed E-state index contributed by atoms with van der Waals surface area (Å²) < 4.78 is 1.06. The van der Waals surface area contributed by atoms with Crippen molar-refractivity contribution in [3.05, 3.63) is 22.1 Å². The van der Waals surface area contributed by atoms with E-state index in [-0.39, 0.29) is 11.6 Å².